The number of amidine groups is 1. The van der Waals surface area contributed by atoms with Crippen LogP contribution in [0, 0.1) is 35.5 Å². The maximum Gasteiger partial charge on any atom is 0.262 e. The lowest BCUT2D eigenvalue weighted by Crippen LogP contribution is -2.45. The van der Waals surface area contributed by atoms with Gasteiger partial charge in [0.15, 0.2) is 0 Å². The molecule has 0 radical (unpaired) electrons. The molecule has 46 heteroatoms. The smallest absolute Gasteiger partial charge is 0.262 e. The summed E-state index contributed by atoms with van der Waals surface area (Å²) in [7, 11) is 4.67. The predicted octanol–water partition coefficient (Wildman–Crippen LogP) is 4.09. The largest absolute Gasteiger partial charge is 0.383 e. The van der Waals surface area contributed by atoms with Crippen molar-refractivity contribution in [2.75, 3.05) is 120 Å². The van der Waals surface area contributed by atoms with Gasteiger partial charge >= 0.3 is 0 Å². The number of hydrogen-bond donors (Lipinski definition) is 6. The second-order valence-electron chi connectivity index (χ2n) is 21.9. The molecule has 4 amide bonds. The van der Waals surface area contributed by atoms with Gasteiger partial charge in [0, 0.05) is 88.7 Å². The van der Waals surface area contributed by atoms with Crippen molar-refractivity contribution in [3.05, 3.63) is 104 Å². The maximum atomic E-state index is 12.2. The molecule has 3 fully saturated rings. The number of nitrogen functional groups attached to an aromatic ring is 1. The van der Waals surface area contributed by atoms with Gasteiger partial charge in [-0.05, 0) is 52.4 Å². The summed E-state index contributed by atoms with van der Waals surface area (Å²) in [6.45, 7) is 5.68. The van der Waals surface area contributed by atoms with Gasteiger partial charge in [0.25, 0.3) is 5.91 Å². The highest BCUT2D eigenvalue weighted by atomic mass is 16.6. The summed E-state index contributed by atoms with van der Waals surface area (Å²) < 4.78 is 68.0. The highest BCUT2D eigenvalue weighted by molar-refractivity contribution is 6.01. The molecule has 105 heavy (non-hydrogen) atoms. The van der Waals surface area contributed by atoms with Gasteiger partial charge in [-0.1, -0.05) is 87.0 Å². The van der Waals surface area contributed by atoms with Gasteiger partial charge in [-0.3, -0.25) is 19.2 Å². The number of carbonyl (C=O) groups is 4. The second-order valence-corrected chi connectivity index (χ2v) is 21.9. The van der Waals surface area contributed by atoms with Crippen LogP contribution in [0.5, 0.6) is 0 Å². The third-order valence-electron chi connectivity index (χ3n) is 15.0. The van der Waals surface area contributed by atoms with Crippen molar-refractivity contribution in [1.29, 1.82) is 0 Å². The van der Waals surface area contributed by atoms with E-state index in [4.69, 9.17) is 101 Å². The van der Waals surface area contributed by atoms with Crippen LogP contribution < -0.4 is 32.7 Å². The number of hydrogen-bond acceptors (Lipinski definition) is 29. The number of anilines is 1. The summed E-state index contributed by atoms with van der Waals surface area (Å²) in [5, 5.41) is 31.5. The fourth-order valence-electron chi connectivity index (χ4n) is 10.0. The van der Waals surface area contributed by atoms with Crippen LogP contribution in [-0.2, 0) is 76.0 Å². The summed E-state index contributed by atoms with van der Waals surface area (Å²) >= 11 is 0. The quantitative estimate of drug-likeness (QED) is 0.0242. The molecular formula is C59H82N30O16. The molecule has 46 nitrogen and oxygen atoms in total. The standard InChI is InChI=1S/C21H27N11O5.C19H28N10O5.C19H27N9O6/c1-3-17(29-31-24)35-10-16(33)25-6-4-5-13-8-32(21-19(13)20(22)26-11-27-21)18-7-14(36-12-28-30-23)15(37-18)9-34-2;1-3-17(26-28-22)32-10-16(30)23-6-4-5-13-8-29(11-24-19(13)20)18-7-14(33-12-25-27-21)15(34-18)9-31-2;1-3-17(25-27-21)32-10-16(29)22-6-4-5-13-8-28(11-23-19(13)30)18-7-14(33-12-24-26-20)15(34-18)9-31-2/h8,11,14-15,17-18H,3,6-7,9-10,12H2,1-2H3,(H,25,33)(H2,22,26,27);8,14-15,17-18H,3,6-7,9-12H2,1-2H3,(H2,20,24)(H,23,30);8,14-15,17-18H,3,6-7,9-12H2,1-2H3,(H,22,29)(H,23,30). The average molecular weight is 1470 g/mol. The molecule has 12 atom stereocenters. The molecule has 2 aromatic heterocycles. The van der Waals surface area contributed by atoms with Crippen LogP contribution in [0.3, 0.4) is 0 Å². The minimum Gasteiger partial charge on any atom is -0.383 e. The normalized spacial score (nSPS) is 21.3. The van der Waals surface area contributed by atoms with Crippen LogP contribution >= 0.6 is 0 Å². The minimum atomic E-state index is -0.714. The molecule has 0 aliphatic carbocycles. The van der Waals surface area contributed by atoms with Crippen molar-refractivity contribution < 1.29 is 76.0 Å². The highest BCUT2D eigenvalue weighted by Crippen LogP contribution is 2.36. The van der Waals surface area contributed by atoms with E-state index in [9.17, 15) is 19.2 Å². The van der Waals surface area contributed by atoms with Crippen LogP contribution in [0.1, 0.15) is 71.1 Å². The molecule has 5 aliphatic rings. The van der Waals surface area contributed by atoms with Gasteiger partial charge in [0.05, 0.1) is 81.0 Å². The van der Waals surface area contributed by atoms with E-state index in [2.05, 4.69) is 132 Å². The Balaban J connectivity index is 0.000000283. The number of nitrogens with one attached hydrogen (secondary N) is 4. The highest BCUT2D eigenvalue weighted by Gasteiger charge is 2.41. The molecule has 8 N–H and O–H groups in total. The first-order chi connectivity index (χ1) is 51.0. The Morgan fingerprint density at radius 3 is 1.47 bits per heavy atom. The maximum absolute atomic E-state index is 12.2. The lowest BCUT2D eigenvalue weighted by molar-refractivity contribution is -0.128. The zero-order valence-corrected chi connectivity index (χ0v) is 58.3. The Bertz CT molecular complexity index is 3760. The van der Waals surface area contributed by atoms with E-state index in [0.29, 0.717) is 73.9 Å². The van der Waals surface area contributed by atoms with E-state index in [1.165, 1.54) is 6.33 Å². The first kappa shape index (κ1) is 84.6. The summed E-state index contributed by atoms with van der Waals surface area (Å²) in [6, 6.07) is 0. The number of fused-ring (bicyclic) bond motifs is 1. The number of aromatic nitrogens is 3. The van der Waals surface area contributed by atoms with Gasteiger partial charge in [-0.2, -0.15) is 0 Å². The fourth-order valence-corrected chi connectivity index (χ4v) is 10.0. The first-order valence-electron chi connectivity index (χ1n) is 32.2. The fraction of sp³-hybridized carbons (Fsp3) is 0.644. The number of azide groups is 6. The van der Waals surface area contributed by atoms with E-state index >= 15 is 0 Å². The lowest BCUT2D eigenvalue weighted by atomic mass is 10.1. The number of rotatable bonds is 36. The summed E-state index contributed by atoms with van der Waals surface area (Å²) in [6.07, 6.45) is 3.72. The van der Waals surface area contributed by atoms with Crippen molar-refractivity contribution in [2.24, 2.45) is 41.4 Å². The van der Waals surface area contributed by atoms with Crippen molar-refractivity contribution >= 4 is 46.3 Å². The van der Waals surface area contributed by atoms with Crippen LogP contribution in [0.15, 0.2) is 71.7 Å². The number of methoxy groups -OCH3 is 3. The number of amides is 4. The van der Waals surface area contributed by atoms with Crippen molar-refractivity contribution in [1.82, 2.24) is 45.6 Å². The van der Waals surface area contributed by atoms with Gasteiger partial charge in [-0.25, -0.2) is 15.0 Å². The topological polar surface area (TPSA) is 621 Å². The van der Waals surface area contributed by atoms with E-state index in [-0.39, 0.29) is 139 Å². The predicted molar refractivity (Wildman–Crippen MR) is 368 cm³/mol. The van der Waals surface area contributed by atoms with Gasteiger partial charge in [0.2, 0.25) is 17.7 Å². The Kier molecular flexibility index (Phi) is 38.6. The molecule has 7 heterocycles. The number of carbonyl (C=O) groups excluding carboxylic acids is 4. The molecule has 3 saturated heterocycles. The lowest BCUT2D eigenvalue weighted by Gasteiger charge is -2.30. The summed E-state index contributed by atoms with van der Waals surface area (Å²) in [5.41, 5.74) is 64.6. The van der Waals surface area contributed by atoms with Crippen LogP contribution in [0.25, 0.3) is 73.7 Å². The molecule has 0 saturated carbocycles. The molecule has 0 spiro atoms. The third kappa shape index (κ3) is 28.6. The molecule has 0 bridgehead atoms. The minimum absolute atomic E-state index is 0.00368. The first-order valence-corrected chi connectivity index (χ1v) is 32.2. The zero-order valence-electron chi connectivity index (χ0n) is 58.3. The number of aliphatic imine (C=N–C) groups is 1. The van der Waals surface area contributed by atoms with Crippen molar-refractivity contribution in [3.8, 4) is 35.5 Å². The Hall–Kier alpha value is -11.1. The van der Waals surface area contributed by atoms with Crippen molar-refractivity contribution in [2.45, 2.75) is 133 Å². The third-order valence-corrected chi connectivity index (χ3v) is 15.0. The van der Waals surface area contributed by atoms with E-state index in [1.807, 2.05) is 4.90 Å². The number of nitrogens with two attached hydrogens (primary N) is 2. The monoisotopic (exact) mass is 1470 g/mol. The van der Waals surface area contributed by atoms with Crippen LogP contribution in [-0.4, -0.2) is 236 Å². The zero-order chi connectivity index (χ0) is 76.1. The number of nitrogens with zero attached hydrogens (tertiary/aromatic N) is 24. The Morgan fingerprint density at radius 1 is 0.610 bits per heavy atom. The summed E-state index contributed by atoms with van der Waals surface area (Å²) in [4.78, 5) is 80.2. The molecular weight excluding hydrogens is 1380 g/mol. The summed E-state index contributed by atoms with van der Waals surface area (Å²) in [5.74, 6) is 16.0. The average Bonchev–Trinajstić information content (AvgIpc) is 1.62. The van der Waals surface area contributed by atoms with Gasteiger partial charge in [-0.15, -0.1) is 0 Å². The number of ether oxygens (including phenoxy) is 12. The van der Waals surface area contributed by atoms with E-state index < -0.39 is 55.0 Å². The molecule has 564 valence electrons. The Labute approximate surface area is 600 Å². The molecule has 7 rings (SSSR count). The SMILES string of the molecule is CCC(N=[N+]=[N-])OCC(=O)NCC#CC1=CN(C2CC(OCN=[N+]=[N-])C(COC)O2)CN=C1N.CCC(N=[N+]=[N-])OCC(=O)NCC#CC1=CN(C2CC(OCN=[N+]=[N-])C(COC)O2)CNC1=O.CCC(N=[N+]=[N-])OCC(=O)NCC#Cc1cn(C2CC(OCN=[N+]=[N-])C(COC)O2)c2ncnc(N)c12. The van der Waals surface area contributed by atoms with E-state index in [0.717, 1.165) is 0 Å². The van der Waals surface area contributed by atoms with Gasteiger partial charge < -0.3 is 104 Å². The molecule has 0 aromatic carbocycles. The van der Waals surface area contributed by atoms with Crippen LogP contribution in [0.2, 0.25) is 0 Å². The molecule has 12 unspecified atom stereocenters. The van der Waals surface area contributed by atoms with Crippen molar-refractivity contribution in [3.63, 3.8) is 0 Å². The van der Waals surface area contributed by atoms with Crippen LogP contribution in [0.4, 0.5) is 5.82 Å². The molecule has 2 aromatic rings. The second kappa shape index (κ2) is 48.0. The molecule has 5 aliphatic heterocycles. The van der Waals surface area contributed by atoms with E-state index in [1.54, 1.807) is 70.2 Å². The Morgan fingerprint density at radius 2 is 1.03 bits per heavy atom. The van der Waals surface area contributed by atoms with Gasteiger partial charge in [0.1, 0.15) is 132 Å².